The average Bonchev–Trinajstić information content (AvgIpc) is 3.36. The fraction of sp³-hybridized carbons (Fsp3) is 0.625. The molecule has 0 unspecified atom stereocenters. The summed E-state index contributed by atoms with van der Waals surface area (Å²) in [6, 6.07) is 7.53. The second kappa shape index (κ2) is 8.33. The predicted molar refractivity (Wildman–Crippen MR) is 117 cm³/mol. The van der Waals surface area contributed by atoms with E-state index in [1.807, 2.05) is 18.2 Å². The van der Waals surface area contributed by atoms with Crippen LogP contribution in [0.2, 0.25) is 0 Å². The smallest absolute Gasteiger partial charge is 0.287 e. The molecular weight excluding hydrogens is 380 g/mol. The quantitative estimate of drug-likeness (QED) is 0.781. The van der Waals surface area contributed by atoms with Gasteiger partial charge in [-0.1, -0.05) is 26.8 Å². The van der Waals surface area contributed by atoms with E-state index in [4.69, 9.17) is 9.15 Å². The molecule has 2 aliphatic rings. The van der Waals surface area contributed by atoms with Gasteiger partial charge in [0.05, 0.1) is 11.7 Å². The van der Waals surface area contributed by atoms with Gasteiger partial charge in [0.25, 0.3) is 5.91 Å². The first kappa shape index (κ1) is 21.3. The van der Waals surface area contributed by atoms with Crippen LogP contribution in [0.1, 0.15) is 62.6 Å². The van der Waals surface area contributed by atoms with Gasteiger partial charge in [-0.15, -0.1) is 0 Å². The van der Waals surface area contributed by atoms with Crippen molar-refractivity contribution in [1.82, 2.24) is 10.2 Å². The van der Waals surface area contributed by atoms with Gasteiger partial charge in [-0.3, -0.25) is 4.79 Å². The molecule has 0 spiro atoms. The second-order valence-corrected chi connectivity index (χ2v) is 10.1. The zero-order valence-corrected chi connectivity index (χ0v) is 18.4. The van der Waals surface area contributed by atoms with Gasteiger partial charge in [-0.05, 0) is 54.9 Å². The first-order valence-electron chi connectivity index (χ1n) is 11.1. The normalized spacial score (nSPS) is 22.5. The maximum atomic E-state index is 12.5. The molecular formula is C24H34N2O4. The largest absolute Gasteiger partial charge is 0.451 e. The predicted octanol–water partition coefficient (Wildman–Crippen LogP) is 3.67. The van der Waals surface area contributed by atoms with Crippen LogP contribution in [0.5, 0.6) is 0 Å². The van der Waals surface area contributed by atoms with Gasteiger partial charge >= 0.3 is 0 Å². The zero-order valence-electron chi connectivity index (χ0n) is 18.4. The van der Waals surface area contributed by atoms with E-state index in [1.165, 1.54) is 0 Å². The van der Waals surface area contributed by atoms with Crippen molar-refractivity contribution in [2.45, 2.75) is 58.2 Å². The fourth-order valence-electron chi connectivity index (χ4n) is 4.58. The summed E-state index contributed by atoms with van der Waals surface area (Å²) in [5, 5.41) is 15.0. The number of carbonyl (C=O) groups excluding carboxylic acids is 1. The number of hydrogen-bond donors (Lipinski definition) is 2. The first-order valence-corrected chi connectivity index (χ1v) is 11.1. The number of hydrogen-bond acceptors (Lipinski definition) is 5. The van der Waals surface area contributed by atoms with Crippen molar-refractivity contribution in [2.24, 2.45) is 5.41 Å². The van der Waals surface area contributed by atoms with Gasteiger partial charge in [-0.2, -0.15) is 0 Å². The van der Waals surface area contributed by atoms with E-state index in [0.29, 0.717) is 30.7 Å². The van der Waals surface area contributed by atoms with Gasteiger partial charge in [0, 0.05) is 38.2 Å². The molecule has 0 aliphatic carbocycles. The molecule has 1 atom stereocenters. The number of furan rings is 1. The highest BCUT2D eigenvalue weighted by Gasteiger charge is 2.35. The Morgan fingerprint density at radius 1 is 1.27 bits per heavy atom. The third-order valence-corrected chi connectivity index (χ3v) is 6.17. The molecule has 3 heterocycles. The molecule has 0 saturated carbocycles. The van der Waals surface area contributed by atoms with Crippen molar-refractivity contribution in [3.63, 3.8) is 0 Å². The molecule has 30 heavy (non-hydrogen) atoms. The van der Waals surface area contributed by atoms with Crippen LogP contribution >= 0.6 is 0 Å². The van der Waals surface area contributed by atoms with Crippen molar-refractivity contribution in [1.29, 1.82) is 0 Å². The monoisotopic (exact) mass is 414 g/mol. The summed E-state index contributed by atoms with van der Waals surface area (Å²) in [5.41, 5.74) is 0.987. The maximum absolute atomic E-state index is 12.5. The lowest BCUT2D eigenvalue weighted by Crippen LogP contribution is -2.45. The van der Waals surface area contributed by atoms with Gasteiger partial charge < -0.3 is 24.5 Å². The Bertz CT molecular complexity index is 884. The van der Waals surface area contributed by atoms with Crippen LogP contribution in [0.4, 0.5) is 0 Å². The molecule has 164 valence electrons. The van der Waals surface area contributed by atoms with Crippen molar-refractivity contribution in [2.75, 3.05) is 32.8 Å². The molecule has 6 nitrogen and oxygen atoms in total. The number of amides is 1. The van der Waals surface area contributed by atoms with E-state index in [-0.39, 0.29) is 17.4 Å². The lowest BCUT2D eigenvalue weighted by molar-refractivity contribution is -0.0316. The zero-order chi connectivity index (χ0) is 21.4. The van der Waals surface area contributed by atoms with Crippen molar-refractivity contribution >= 4 is 16.9 Å². The number of aliphatic hydroxyl groups is 1. The molecule has 0 radical (unpaired) electrons. The molecule has 2 fully saturated rings. The maximum Gasteiger partial charge on any atom is 0.287 e. The summed E-state index contributed by atoms with van der Waals surface area (Å²) in [5.74, 6) is 0.0737. The molecule has 6 heteroatoms. The minimum atomic E-state index is -0.831. The van der Waals surface area contributed by atoms with Crippen molar-refractivity contribution in [3.05, 3.63) is 35.6 Å². The third kappa shape index (κ3) is 4.88. The Labute approximate surface area is 178 Å². The number of rotatable bonds is 5. The Kier molecular flexibility index (Phi) is 5.93. The fourth-order valence-corrected chi connectivity index (χ4v) is 4.58. The summed E-state index contributed by atoms with van der Waals surface area (Å²) >= 11 is 0. The number of benzene rings is 1. The molecule has 2 aliphatic heterocycles. The summed E-state index contributed by atoms with van der Waals surface area (Å²) in [6.07, 6.45) is 3.55. The molecule has 2 saturated heterocycles. The molecule has 2 aromatic rings. The molecule has 1 amide bonds. The number of fused-ring (bicyclic) bond motifs is 1. The van der Waals surface area contributed by atoms with Crippen LogP contribution in [0.3, 0.4) is 0 Å². The standard InChI is InChI=1S/C24H34N2O4/c1-23(2,3)16-26-10-8-24(28,9-11-26)18-6-7-20-17(13-18)14-21(30-20)22(27)25-15-19-5-4-12-29-19/h6-7,13-14,19,28H,4-5,8-12,15-16H2,1-3H3,(H,25,27)/t19-/m0/s1. The summed E-state index contributed by atoms with van der Waals surface area (Å²) in [7, 11) is 0. The minimum Gasteiger partial charge on any atom is -0.451 e. The van der Waals surface area contributed by atoms with Gasteiger partial charge in [0.2, 0.25) is 0 Å². The molecule has 4 rings (SSSR count). The van der Waals surface area contributed by atoms with E-state index in [9.17, 15) is 9.90 Å². The Balaban J connectivity index is 1.42. The summed E-state index contributed by atoms with van der Waals surface area (Å²) in [6.45, 7) is 10.8. The molecule has 1 aromatic heterocycles. The van der Waals surface area contributed by atoms with Gasteiger partial charge in [-0.25, -0.2) is 0 Å². The lowest BCUT2D eigenvalue weighted by Gasteiger charge is -2.40. The van der Waals surface area contributed by atoms with Gasteiger partial charge in [0.15, 0.2) is 5.76 Å². The van der Waals surface area contributed by atoms with Crippen LogP contribution in [0.25, 0.3) is 11.0 Å². The number of likely N-dealkylation sites (tertiary alicyclic amines) is 1. The third-order valence-electron chi connectivity index (χ3n) is 6.17. The number of piperidine rings is 1. The summed E-state index contributed by atoms with van der Waals surface area (Å²) in [4.78, 5) is 14.9. The highest BCUT2D eigenvalue weighted by Crippen LogP contribution is 2.35. The number of nitrogens with one attached hydrogen (secondary N) is 1. The van der Waals surface area contributed by atoms with E-state index >= 15 is 0 Å². The van der Waals surface area contributed by atoms with Crippen molar-refractivity contribution < 1.29 is 19.1 Å². The molecule has 0 bridgehead atoms. The number of ether oxygens (including phenoxy) is 1. The van der Waals surface area contributed by atoms with Crippen LogP contribution in [-0.2, 0) is 10.3 Å². The van der Waals surface area contributed by atoms with E-state index < -0.39 is 5.60 Å². The van der Waals surface area contributed by atoms with Crippen LogP contribution in [0, 0.1) is 5.41 Å². The molecule has 1 aromatic carbocycles. The Hall–Kier alpha value is -1.89. The second-order valence-electron chi connectivity index (χ2n) is 10.1. The Morgan fingerprint density at radius 3 is 2.70 bits per heavy atom. The number of carbonyl (C=O) groups is 1. The van der Waals surface area contributed by atoms with E-state index in [1.54, 1.807) is 6.07 Å². The highest BCUT2D eigenvalue weighted by molar-refractivity contribution is 5.96. The summed E-state index contributed by atoms with van der Waals surface area (Å²) < 4.78 is 11.3. The van der Waals surface area contributed by atoms with Gasteiger partial charge in [0.1, 0.15) is 5.58 Å². The number of nitrogens with zero attached hydrogens (tertiary/aromatic N) is 1. The average molecular weight is 415 g/mol. The van der Waals surface area contributed by atoms with E-state index in [0.717, 1.165) is 50.0 Å². The highest BCUT2D eigenvalue weighted by atomic mass is 16.5. The Morgan fingerprint density at radius 2 is 2.03 bits per heavy atom. The first-order chi connectivity index (χ1) is 14.2. The van der Waals surface area contributed by atoms with Crippen LogP contribution in [-0.4, -0.2) is 54.8 Å². The van der Waals surface area contributed by atoms with Crippen molar-refractivity contribution in [3.8, 4) is 0 Å². The minimum absolute atomic E-state index is 0.100. The van der Waals surface area contributed by atoms with Crippen LogP contribution < -0.4 is 5.32 Å². The lowest BCUT2D eigenvalue weighted by atomic mass is 9.83. The SMILES string of the molecule is CC(C)(C)CN1CCC(O)(c2ccc3oc(C(=O)NC[C@@H]4CCCO4)cc3c2)CC1. The van der Waals surface area contributed by atoms with Crippen LogP contribution in [0.15, 0.2) is 28.7 Å². The van der Waals surface area contributed by atoms with E-state index in [2.05, 4.69) is 31.0 Å². The topological polar surface area (TPSA) is 74.9 Å². The molecule has 2 N–H and O–H groups in total.